The summed E-state index contributed by atoms with van der Waals surface area (Å²) in [6.45, 7) is 2.27. The van der Waals surface area contributed by atoms with Crippen molar-refractivity contribution < 1.29 is 19.1 Å². The molecule has 0 unspecified atom stereocenters. The monoisotopic (exact) mass is 433 g/mol. The second-order valence-corrected chi connectivity index (χ2v) is 8.40. The Morgan fingerprint density at radius 2 is 1.23 bits per heavy atom. The number of primary amides is 1. The molecule has 0 heterocycles. The smallest absolute Gasteiger partial charge is 0.311 e. The summed E-state index contributed by atoms with van der Waals surface area (Å²) in [4.78, 5) is 23.3. The lowest BCUT2D eigenvalue weighted by molar-refractivity contribution is -0.134. The van der Waals surface area contributed by atoms with Crippen molar-refractivity contribution in [3.8, 4) is 11.5 Å². The minimum atomic E-state index is -0.547. The first kappa shape index (κ1) is 27.0. The Morgan fingerprint density at radius 3 is 1.68 bits per heavy atom. The van der Waals surface area contributed by atoms with Gasteiger partial charge in [0.2, 0.25) is 5.91 Å². The molecule has 5 heteroatoms. The van der Waals surface area contributed by atoms with Crippen molar-refractivity contribution in [1.29, 1.82) is 0 Å². The number of benzene rings is 1. The molecule has 1 amide bonds. The summed E-state index contributed by atoms with van der Waals surface area (Å²) in [7, 11) is 1.46. The Labute approximate surface area is 189 Å². The summed E-state index contributed by atoms with van der Waals surface area (Å²) >= 11 is 0. The summed E-state index contributed by atoms with van der Waals surface area (Å²) in [5.74, 6) is -0.173. The van der Waals surface area contributed by atoms with Crippen molar-refractivity contribution in [2.75, 3.05) is 7.11 Å². The van der Waals surface area contributed by atoms with E-state index in [9.17, 15) is 9.59 Å². The predicted molar refractivity (Wildman–Crippen MR) is 127 cm³/mol. The molecule has 2 N–H and O–H groups in total. The number of ether oxygens (including phenoxy) is 2. The molecule has 0 bridgehead atoms. The fourth-order valence-electron chi connectivity index (χ4n) is 3.72. The molecule has 1 aromatic carbocycles. The highest BCUT2D eigenvalue weighted by atomic mass is 16.6. The first-order chi connectivity index (χ1) is 15.1. The number of methoxy groups -OCH3 is 1. The molecule has 0 saturated carbocycles. The second kappa shape index (κ2) is 17.6. The highest BCUT2D eigenvalue weighted by molar-refractivity contribution is 5.93. The highest BCUT2D eigenvalue weighted by Crippen LogP contribution is 2.28. The van der Waals surface area contributed by atoms with Crippen molar-refractivity contribution in [3.05, 3.63) is 23.8 Å². The fourth-order valence-corrected chi connectivity index (χ4v) is 3.72. The third-order valence-corrected chi connectivity index (χ3v) is 5.66. The van der Waals surface area contributed by atoms with Crippen molar-refractivity contribution in [1.82, 2.24) is 0 Å². The van der Waals surface area contributed by atoms with Crippen molar-refractivity contribution >= 4 is 11.9 Å². The topological polar surface area (TPSA) is 78.6 Å². The summed E-state index contributed by atoms with van der Waals surface area (Å²) in [5, 5.41) is 0. The highest BCUT2D eigenvalue weighted by Gasteiger charge is 2.12. The lowest BCUT2D eigenvalue weighted by Crippen LogP contribution is -2.12. The molecule has 0 aliphatic heterocycles. The molecule has 0 spiro atoms. The van der Waals surface area contributed by atoms with E-state index < -0.39 is 5.91 Å². The first-order valence-corrected chi connectivity index (χ1v) is 12.3. The Morgan fingerprint density at radius 1 is 0.742 bits per heavy atom. The maximum absolute atomic E-state index is 12.1. The van der Waals surface area contributed by atoms with Crippen molar-refractivity contribution in [3.63, 3.8) is 0 Å². The number of esters is 1. The number of unbranched alkanes of at least 4 members (excludes halogenated alkanes) is 14. The molecule has 0 aromatic heterocycles. The van der Waals surface area contributed by atoms with Gasteiger partial charge in [-0.15, -0.1) is 0 Å². The van der Waals surface area contributed by atoms with E-state index in [0.717, 1.165) is 12.8 Å². The zero-order valence-corrected chi connectivity index (χ0v) is 19.8. The molecule has 31 heavy (non-hydrogen) atoms. The van der Waals surface area contributed by atoms with Gasteiger partial charge in [-0.25, -0.2) is 0 Å². The molecule has 0 fully saturated rings. The Hall–Kier alpha value is -2.04. The number of amides is 1. The predicted octanol–water partition coefficient (Wildman–Crippen LogP) is 6.96. The number of rotatable bonds is 19. The maximum atomic E-state index is 12.1. The maximum Gasteiger partial charge on any atom is 0.311 e. The van der Waals surface area contributed by atoms with E-state index in [0.29, 0.717) is 23.5 Å². The van der Waals surface area contributed by atoms with Crippen LogP contribution in [0.3, 0.4) is 0 Å². The SMILES string of the molecule is CCCCCCCCCCCCCCCCCC(=O)Oc1ccc(C(N)=O)cc1OC. The average molecular weight is 434 g/mol. The number of hydrogen-bond acceptors (Lipinski definition) is 4. The van der Waals surface area contributed by atoms with Crippen molar-refractivity contribution in [2.45, 2.75) is 110 Å². The zero-order chi connectivity index (χ0) is 22.7. The summed E-state index contributed by atoms with van der Waals surface area (Å²) in [6, 6.07) is 4.56. The minimum Gasteiger partial charge on any atom is -0.493 e. The second-order valence-electron chi connectivity index (χ2n) is 8.40. The van der Waals surface area contributed by atoms with Gasteiger partial charge in [0.25, 0.3) is 0 Å². The third-order valence-electron chi connectivity index (χ3n) is 5.66. The van der Waals surface area contributed by atoms with Gasteiger partial charge in [0.15, 0.2) is 11.5 Å². The number of carbonyl (C=O) groups is 2. The van der Waals surface area contributed by atoms with Crippen molar-refractivity contribution in [2.24, 2.45) is 5.73 Å². The van der Waals surface area contributed by atoms with Crippen LogP contribution in [0.2, 0.25) is 0 Å². The van der Waals surface area contributed by atoms with Gasteiger partial charge >= 0.3 is 5.97 Å². The van der Waals surface area contributed by atoms with Crippen LogP contribution in [0.1, 0.15) is 120 Å². The van der Waals surface area contributed by atoms with Gasteiger partial charge in [-0.2, -0.15) is 0 Å². The van der Waals surface area contributed by atoms with Crippen LogP contribution in [0, 0.1) is 0 Å². The van der Waals surface area contributed by atoms with Crippen LogP contribution in [0.25, 0.3) is 0 Å². The van der Waals surface area contributed by atoms with E-state index in [4.69, 9.17) is 15.2 Å². The van der Waals surface area contributed by atoms with Gasteiger partial charge in [0, 0.05) is 12.0 Å². The minimum absolute atomic E-state index is 0.278. The summed E-state index contributed by atoms with van der Waals surface area (Å²) < 4.78 is 10.6. The van der Waals surface area contributed by atoms with Gasteiger partial charge in [-0.05, 0) is 24.6 Å². The normalized spacial score (nSPS) is 10.8. The van der Waals surface area contributed by atoms with Gasteiger partial charge in [0.05, 0.1) is 7.11 Å². The van der Waals surface area contributed by atoms with E-state index in [1.54, 1.807) is 6.07 Å². The molecule has 0 saturated heterocycles. The number of hydrogen-bond donors (Lipinski definition) is 1. The van der Waals surface area contributed by atoms with Gasteiger partial charge in [-0.3, -0.25) is 9.59 Å². The summed E-state index contributed by atoms with van der Waals surface area (Å²) in [6.07, 6.45) is 19.8. The third kappa shape index (κ3) is 13.1. The molecule has 0 aliphatic rings. The van der Waals surface area contributed by atoms with Crippen LogP contribution in [0.4, 0.5) is 0 Å². The van der Waals surface area contributed by atoms with Crippen LogP contribution in [-0.2, 0) is 4.79 Å². The lowest BCUT2D eigenvalue weighted by Gasteiger charge is -2.10. The molecule has 1 rings (SSSR count). The average Bonchev–Trinajstić information content (AvgIpc) is 2.76. The molecule has 176 valence electrons. The van der Waals surface area contributed by atoms with Crippen LogP contribution >= 0.6 is 0 Å². The molecule has 0 aliphatic carbocycles. The standard InChI is InChI=1S/C26H43NO4/c1-3-4-5-6-7-8-9-10-11-12-13-14-15-16-17-18-25(28)31-23-20-19-22(26(27)29)21-24(23)30-2/h19-21H,3-18H2,1-2H3,(H2,27,29). The molecule has 0 atom stereocenters. The van der Waals surface area contributed by atoms with Crippen LogP contribution in [-0.4, -0.2) is 19.0 Å². The molecular weight excluding hydrogens is 390 g/mol. The Bertz CT molecular complexity index is 630. The van der Waals surface area contributed by atoms with Gasteiger partial charge < -0.3 is 15.2 Å². The zero-order valence-electron chi connectivity index (χ0n) is 19.8. The lowest BCUT2D eigenvalue weighted by atomic mass is 10.0. The quantitative estimate of drug-likeness (QED) is 0.145. The van der Waals surface area contributed by atoms with E-state index in [2.05, 4.69) is 6.92 Å². The van der Waals surface area contributed by atoms with Crippen LogP contribution < -0.4 is 15.2 Å². The van der Waals surface area contributed by atoms with Crippen LogP contribution in [0.15, 0.2) is 18.2 Å². The Balaban J connectivity index is 2.00. The largest absolute Gasteiger partial charge is 0.493 e. The van der Waals surface area contributed by atoms with Crippen LogP contribution in [0.5, 0.6) is 11.5 Å². The number of carbonyl (C=O) groups excluding carboxylic acids is 2. The molecule has 5 nitrogen and oxygen atoms in total. The van der Waals surface area contributed by atoms with Gasteiger partial charge in [-0.1, -0.05) is 96.8 Å². The Kier molecular flexibility index (Phi) is 15.3. The number of nitrogens with two attached hydrogens (primary N) is 1. The first-order valence-electron chi connectivity index (χ1n) is 12.3. The molecule has 0 radical (unpaired) electrons. The molecular formula is C26H43NO4. The fraction of sp³-hybridized carbons (Fsp3) is 0.692. The molecule has 1 aromatic rings. The van der Waals surface area contributed by atoms with E-state index >= 15 is 0 Å². The van der Waals surface area contributed by atoms with E-state index in [1.807, 2.05) is 0 Å². The van der Waals surface area contributed by atoms with E-state index in [-0.39, 0.29) is 5.97 Å². The summed E-state index contributed by atoms with van der Waals surface area (Å²) in [5.41, 5.74) is 5.58. The van der Waals surface area contributed by atoms with Gasteiger partial charge in [0.1, 0.15) is 0 Å². The van der Waals surface area contributed by atoms with E-state index in [1.165, 1.54) is 103 Å².